The zero-order valence-electron chi connectivity index (χ0n) is 16.5. The van der Waals surface area contributed by atoms with E-state index in [1.165, 1.54) is 0 Å². The number of rotatable bonds is 7. The predicted molar refractivity (Wildman–Crippen MR) is 106 cm³/mol. The van der Waals surface area contributed by atoms with Gasteiger partial charge in [-0.2, -0.15) is 0 Å². The lowest BCUT2D eigenvalue weighted by Gasteiger charge is -2.26. The second-order valence-electron chi connectivity index (χ2n) is 6.13. The molecule has 0 fully saturated rings. The van der Waals surface area contributed by atoms with Gasteiger partial charge in [0.15, 0.2) is 23.0 Å². The molecule has 1 atom stereocenters. The van der Waals surface area contributed by atoms with Crippen molar-refractivity contribution < 1.29 is 23.7 Å². The third kappa shape index (κ3) is 3.82. The molecule has 3 rings (SSSR count). The minimum Gasteiger partial charge on any atom is -0.493 e. The van der Waals surface area contributed by atoms with Gasteiger partial charge in [0.1, 0.15) is 11.9 Å². The third-order valence-corrected chi connectivity index (χ3v) is 4.45. The molecule has 0 amide bonds. The van der Waals surface area contributed by atoms with Gasteiger partial charge in [-0.3, -0.25) is 0 Å². The van der Waals surface area contributed by atoms with E-state index >= 15 is 0 Å². The fraction of sp³-hybridized carbons (Fsp3) is 0.364. The number of hydrogen-bond donors (Lipinski definition) is 0. The predicted octanol–water partition coefficient (Wildman–Crippen LogP) is 5.09. The molecular formula is C22H26O5. The van der Waals surface area contributed by atoms with Crippen molar-refractivity contribution in [3.8, 4) is 23.0 Å². The molecule has 2 aromatic rings. The molecule has 0 saturated heterocycles. The van der Waals surface area contributed by atoms with E-state index in [4.69, 9.17) is 23.7 Å². The van der Waals surface area contributed by atoms with Crippen LogP contribution < -0.4 is 18.9 Å². The Hall–Kier alpha value is -2.82. The first-order chi connectivity index (χ1) is 13.1. The van der Waals surface area contributed by atoms with Crippen LogP contribution in [0.2, 0.25) is 0 Å². The second kappa shape index (κ2) is 8.25. The standard InChI is InChI=1S/C22H26O5/c1-6-25-18-9-8-15(10-22(18)26-7-2)19-11-16-12-20(23-4)21(24-5)13-17(16)14(3)27-19/h8-14H,6-7H2,1-5H3. The number of fused-ring (bicyclic) bond motifs is 1. The Bertz CT molecular complexity index is 841. The van der Waals surface area contributed by atoms with E-state index in [9.17, 15) is 0 Å². The number of methoxy groups -OCH3 is 2. The molecule has 0 bridgehead atoms. The Labute approximate surface area is 160 Å². The Balaban J connectivity index is 2.03. The second-order valence-corrected chi connectivity index (χ2v) is 6.13. The molecule has 0 aromatic heterocycles. The fourth-order valence-electron chi connectivity index (χ4n) is 3.17. The van der Waals surface area contributed by atoms with Gasteiger partial charge >= 0.3 is 0 Å². The minimum atomic E-state index is -0.109. The van der Waals surface area contributed by atoms with Crippen molar-refractivity contribution in [1.29, 1.82) is 0 Å². The van der Waals surface area contributed by atoms with Crippen LogP contribution in [0.25, 0.3) is 11.8 Å². The molecule has 0 spiro atoms. The molecule has 2 aromatic carbocycles. The summed E-state index contributed by atoms with van der Waals surface area (Å²) in [6.07, 6.45) is 1.91. The topological polar surface area (TPSA) is 46.2 Å². The molecule has 5 heteroatoms. The highest BCUT2D eigenvalue weighted by Gasteiger charge is 2.23. The van der Waals surface area contributed by atoms with Gasteiger partial charge in [-0.05, 0) is 62.7 Å². The molecule has 0 radical (unpaired) electrons. The minimum absolute atomic E-state index is 0.109. The molecule has 144 valence electrons. The van der Waals surface area contributed by atoms with Gasteiger partial charge in [-0.25, -0.2) is 0 Å². The first-order valence-electron chi connectivity index (χ1n) is 9.15. The van der Waals surface area contributed by atoms with E-state index in [2.05, 4.69) is 0 Å². The Morgan fingerprint density at radius 3 is 2.19 bits per heavy atom. The molecular weight excluding hydrogens is 344 g/mol. The summed E-state index contributed by atoms with van der Waals surface area (Å²) in [5.41, 5.74) is 3.05. The largest absolute Gasteiger partial charge is 0.493 e. The SMILES string of the molecule is CCOc1ccc(C2=Cc3cc(OC)c(OC)cc3C(C)O2)cc1OCC. The third-order valence-electron chi connectivity index (χ3n) is 4.45. The molecule has 1 aliphatic rings. The first kappa shape index (κ1) is 19.0. The maximum absolute atomic E-state index is 6.17. The van der Waals surface area contributed by atoms with E-state index in [1.807, 2.05) is 57.2 Å². The smallest absolute Gasteiger partial charge is 0.161 e. The van der Waals surface area contributed by atoms with Crippen LogP contribution in [0.1, 0.15) is 43.6 Å². The lowest BCUT2D eigenvalue weighted by molar-refractivity contribution is 0.185. The Morgan fingerprint density at radius 2 is 1.52 bits per heavy atom. The van der Waals surface area contributed by atoms with Crippen molar-refractivity contribution in [3.05, 3.63) is 47.0 Å². The quantitative estimate of drug-likeness (QED) is 0.679. The van der Waals surface area contributed by atoms with Gasteiger partial charge in [0.25, 0.3) is 0 Å². The van der Waals surface area contributed by atoms with Crippen molar-refractivity contribution in [2.45, 2.75) is 26.9 Å². The van der Waals surface area contributed by atoms with Gasteiger partial charge in [0.2, 0.25) is 0 Å². The number of ether oxygens (including phenoxy) is 5. The van der Waals surface area contributed by atoms with Gasteiger partial charge in [0, 0.05) is 11.1 Å². The van der Waals surface area contributed by atoms with Crippen LogP contribution in [0.3, 0.4) is 0 Å². The summed E-state index contributed by atoms with van der Waals surface area (Å²) in [6, 6.07) is 9.81. The maximum Gasteiger partial charge on any atom is 0.161 e. The van der Waals surface area contributed by atoms with Crippen molar-refractivity contribution in [3.63, 3.8) is 0 Å². The molecule has 0 saturated carbocycles. The van der Waals surface area contributed by atoms with Crippen LogP contribution in [0.5, 0.6) is 23.0 Å². The van der Waals surface area contributed by atoms with E-state index < -0.39 is 0 Å². The highest BCUT2D eigenvalue weighted by atomic mass is 16.5. The van der Waals surface area contributed by atoms with Crippen molar-refractivity contribution in [1.82, 2.24) is 0 Å². The van der Waals surface area contributed by atoms with Crippen LogP contribution in [0, 0.1) is 0 Å². The van der Waals surface area contributed by atoms with E-state index in [1.54, 1.807) is 14.2 Å². The normalized spacial score (nSPS) is 15.3. The highest BCUT2D eigenvalue weighted by Crippen LogP contribution is 2.42. The Morgan fingerprint density at radius 1 is 0.852 bits per heavy atom. The number of hydrogen-bond acceptors (Lipinski definition) is 5. The first-order valence-corrected chi connectivity index (χ1v) is 9.15. The summed E-state index contributed by atoms with van der Waals surface area (Å²) in [5.74, 6) is 3.63. The lowest BCUT2D eigenvalue weighted by atomic mass is 9.97. The van der Waals surface area contributed by atoms with Crippen LogP contribution in [-0.4, -0.2) is 27.4 Å². The summed E-state index contributed by atoms with van der Waals surface area (Å²) >= 11 is 0. The zero-order chi connectivity index (χ0) is 19.4. The number of benzene rings is 2. The molecule has 27 heavy (non-hydrogen) atoms. The van der Waals surface area contributed by atoms with Gasteiger partial charge in [0.05, 0.1) is 27.4 Å². The van der Waals surface area contributed by atoms with Crippen LogP contribution in [-0.2, 0) is 4.74 Å². The van der Waals surface area contributed by atoms with Crippen molar-refractivity contribution >= 4 is 11.8 Å². The summed E-state index contributed by atoms with van der Waals surface area (Å²) in [5, 5.41) is 0. The van der Waals surface area contributed by atoms with Gasteiger partial charge < -0.3 is 23.7 Å². The van der Waals surface area contributed by atoms with Crippen molar-refractivity contribution in [2.75, 3.05) is 27.4 Å². The molecule has 1 unspecified atom stereocenters. The summed E-state index contributed by atoms with van der Waals surface area (Å²) in [7, 11) is 3.27. The molecule has 1 aliphatic heterocycles. The highest BCUT2D eigenvalue weighted by molar-refractivity contribution is 5.82. The Kier molecular flexibility index (Phi) is 5.79. The van der Waals surface area contributed by atoms with E-state index in [-0.39, 0.29) is 6.10 Å². The molecule has 0 N–H and O–H groups in total. The maximum atomic E-state index is 6.17. The van der Waals surface area contributed by atoms with Crippen LogP contribution >= 0.6 is 0 Å². The van der Waals surface area contributed by atoms with Crippen LogP contribution in [0.4, 0.5) is 0 Å². The van der Waals surface area contributed by atoms with Gasteiger partial charge in [-0.1, -0.05) is 0 Å². The molecule has 5 nitrogen and oxygen atoms in total. The summed E-state index contributed by atoms with van der Waals surface area (Å²) in [4.78, 5) is 0. The van der Waals surface area contributed by atoms with Crippen molar-refractivity contribution in [2.24, 2.45) is 0 Å². The fourth-order valence-corrected chi connectivity index (χ4v) is 3.17. The van der Waals surface area contributed by atoms with E-state index in [0.29, 0.717) is 30.5 Å². The lowest BCUT2D eigenvalue weighted by Crippen LogP contribution is -2.08. The molecule has 0 aliphatic carbocycles. The average Bonchev–Trinajstić information content (AvgIpc) is 2.68. The van der Waals surface area contributed by atoms with E-state index in [0.717, 1.165) is 28.2 Å². The monoisotopic (exact) mass is 370 g/mol. The van der Waals surface area contributed by atoms with Crippen LogP contribution in [0.15, 0.2) is 30.3 Å². The average molecular weight is 370 g/mol. The van der Waals surface area contributed by atoms with Gasteiger partial charge in [-0.15, -0.1) is 0 Å². The summed E-state index contributed by atoms with van der Waals surface area (Å²) < 4.78 is 28.4. The summed E-state index contributed by atoms with van der Waals surface area (Å²) in [6.45, 7) is 7.09. The molecule has 1 heterocycles. The zero-order valence-corrected chi connectivity index (χ0v) is 16.5.